The van der Waals surface area contributed by atoms with E-state index in [1.165, 1.54) is 22.4 Å². The molecule has 0 unspecified atom stereocenters. The summed E-state index contributed by atoms with van der Waals surface area (Å²) in [4.78, 5) is 1.54. The van der Waals surface area contributed by atoms with E-state index < -0.39 is 16.1 Å². The molecule has 1 heterocycles. The van der Waals surface area contributed by atoms with E-state index in [-0.39, 0.29) is 6.61 Å². The number of benzene rings is 2. The Morgan fingerprint density at radius 2 is 1.76 bits per heavy atom. The number of aliphatic hydroxyl groups excluding tert-OH is 1. The Morgan fingerprint density at radius 1 is 1.03 bits per heavy atom. The molecule has 1 fully saturated rings. The van der Waals surface area contributed by atoms with Gasteiger partial charge in [0.2, 0.25) is 10.0 Å². The number of ether oxygens (including phenoxy) is 1. The lowest BCUT2D eigenvalue weighted by molar-refractivity contribution is -0.906. The number of aryl methyl sites for hydroxylation is 2. The summed E-state index contributed by atoms with van der Waals surface area (Å²) in [7, 11) is -3.43. The number of nitrogens with one attached hydrogen (secondary N) is 1. The monoisotopic (exact) mass is 417 g/mol. The fourth-order valence-electron chi connectivity index (χ4n) is 4.21. The van der Waals surface area contributed by atoms with Gasteiger partial charge < -0.3 is 14.7 Å². The van der Waals surface area contributed by atoms with Gasteiger partial charge in [-0.15, -0.1) is 0 Å². The minimum absolute atomic E-state index is 0.258. The fourth-order valence-corrected chi connectivity index (χ4v) is 5.67. The molecule has 1 atom stereocenters. The highest BCUT2D eigenvalue weighted by atomic mass is 32.2. The summed E-state index contributed by atoms with van der Waals surface area (Å²) in [5.74, 6) is 0.818. The smallest absolute Gasteiger partial charge is 0.243 e. The Bertz CT molecular complexity index is 925. The van der Waals surface area contributed by atoms with Gasteiger partial charge in [-0.05, 0) is 54.7 Å². The van der Waals surface area contributed by atoms with Crippen LogP contribution in [0.1, 0.15) is 17.5 Å². The van der Waals surface area contributed by atoms with Gasteiger partial charge in [-0.25, -0.2) is 8.42 Å². The average molecular weight is 418 g/mol. The second kappa shape index (κ2) is 8.83. The van der Waals surface area contributed by atoms with Crippen molar-refractivity contribution in [1.82, 2.24) is 4.31 Å². The standard InChI is InChI=1S/C22H28N2O4S/c25-20(17-28-21-10-9-18-5-4-6-19(18)15-21)16-23-11-13-24(14-12-23)29(26,27)22-7-2-1-3-8-22/h1-3,7-10,15,20,25H,4-6,11-14,16-17H2/p+1/t20-/m0/s1. The lowest BCUT2D eigenvalue weighted by atomic mass is 10.1. The molecule has 1 saturated heterocycles. The summed E-state index contributed by atoms with van der Waals surface area (Å²) < 4.78 is 32.7. The molecule has 29 heavy (non-hydrogen) atoms. The molecule has 0 radical (unpaired) electrons. The number of sulfonamides is 1. The van der Waals surface area contributed by atoms with Crippen LogP contribution in [0.15, 0.2) is 53.4 Å². The normalized spacial score (nSPS) is 19.1. The zero-order chi connectivity index (χ0) is 20.3. The van der Waals surface area contributed by atoms with E-state index in [2.05, 4.69) is 12.1 Å². The van der Waals surface area contributed by atoms with Crippen molar-refractivity contribution >= 4 is 10.0 Å². The number of nitrogens with zero attached hydrogens (tertiary/aromatic N) is 1. The first-order valence-corrected chi connectivity index (χ1v) is 11.8. The van der Waals surface area contributed by atoms with Crippen LogP contribution in [0.25, 0.3) is 0 Å². The van der Waals surface area contributed by atoms with Crippen LogP contribution in [0.2, 0.25) is 0 Å². The van der Waals surface area contributed by atoms with Gasteiger partial charge in [0.25, 0.3) is 0 Å². The average Bonchev–Trinajstić information content (AvgIpc) is 3.21. The van der Waals surface area contributed by atoms with E-state index in [0.717, 1.165) is 18.6 Å². The van der Waals surface area contributed by atoms with Gasteiger partial charge in [0, 0.05) is 0 Å². The number of fused-ring (bicyclic) bond motifs is 1. The third kappa shape index (κ3) is 4.80. The molecule has 0 amide bonds. The minimum atomic E-state index is -3.43. The SMILES string of the molecule is O=S(=O)(c1ccccc1)N1CC[NH+](C[C@H](O)COc2ccc3c(c2)CCC3)CC1. The van der Waals surface area contributed by atoms with Gasteiger partial charge in [-0.2, -0.15) is 4.31 Å². The van der Waals surface area contributed by atoms with Crippen LogP contribution in [-0.2, 0) is 22.9 Å². The first-order chi connectivity index (χ1) is 14.0. The van der Waals surface area contributed by atoms with E-state index in [1.807, 2.05) is 12.1 Å². The Hall–Kier alpha value is -1.93. The van der Waals surface area contributed by atoms with Crippen molar-refractivity contribution in [3.63, 3.8) is 0 Å². The predicted molar refractivity (Wildman–Crippen MR) is 111 cm³/mol. The van der Waals surface area contributed by atoms with E-state index >= 15 is 0 Å². The van der Waals surface area contributed by atoms with Gasteiger partial charge >= 0.3 is 0 Å². The van der Waals surface area contributed by atoms with Crippen molar-refractivity contribution in [2.24, 2.45) is 0 Å². The third-order valence-electron chi connectivity index (χ3n) is 5.85. The van der Waals surface area contributed by atoms with E-state index in [9.17, 15) is 13.5 Å². The summed E-state index contributed by atoms with van der Waals surface area (Å²) in [6.07, 6.45) is 2.88. The Labute approximate surface area is 172 Å². The quantitative estimate of drug-likeness (QED) is 0.689. The second-order valence-electron chi connectivity index (χ2n) is 7.92. The Balaban J connectivity index is 1.24. The summed E-state index contributed by atoms with van der Waals surface area (Å²) in [5.41, 5.74) is 2.77. The van der Waals surface area contributed by atoms with Gasteiger partial charge in [0.05, 0.1) is 31.1 Å². The molecule has 0 saturated carbocycles. The van der Waals surface area contributed by atoms with Crippen LogP contribution in [0.3, 0.4) is 0 Å². The molecule has 1 aliphatic carbocycles. The van der Waals surface area contributed by atoms with Crippen molar-refractivity contribution in [1.29, 1.82) is 0 Å². The number of piperazine rings is 1. The van der Waals surface area contributed by atoms with Crippen LogP contribution in [0.5, 0.6) is 5.75 Å². The maximum absolute atomic E-state index is 12.7. The van der Waals surface area contributed by atoms with Crippen molar-refractivity contribution < 1.29 is 23.2 Å². The lowest BCUT2D eigenvalue weighted by Crippen LogP contribution is -3.15. The second-order valence-corrected chi connectivity index (χ2v) is 9.86. The van der Waals surface area contributed by atoms with E-state index in [1.54, 1.807) is 28.6 Å². The molecule has 1 aliphatic heterocycles. The molecule has 0 bridgehead atoms. The Kier molecular flexibility index (Phi) is 6.20. The molecule has 0 spiro atoms. The molecule has 2 N–H and O–H groups in total. The first kappa shape index (κ1) is 20.3. The van der Waals surface area contributed by atoms with Crippen LogP contribution >= 0.6 is 0 Å². The van der Waals surface area contributed by atoms with Crippen molar-refractivity contribution in [3.05, 3.63) is 59.7 Å². The van der Waals surface area contributed by atoms with E-state index in [0.29, 0.717) is 37.6 Å². The molecular weight excluding hydrogens is 388 g/mol. The molecule has 6 nitrogen and oxygen atoms in total. The van der Waals surface area contributed by atoms with Crippen LogP contribution in [-0.4, -0.2) is 63.3 Å². The molecule has 7 heteroatoms. The predicted octanol–water partition coefficient (Wildman–Crippen LogP) is 0.504. The summed E-state index contributed by atoms with van der Waals surface area (Å²) in [6.45, 7) is 3.11. The zero-order valence-corrected chi connectivity index (χ0v) is 17.4. The van der Waals surface area contributed by atoms with E-state index in [4.69, 9.17) is 4.74 Å². The lowest BCUT2D eigenvalue weighted by Gasteiger charge is -2.32. The maximum Gasteiger partial charge on any atom is 0.243 e. The third-order valence-corrected chi connectivity index (χ3v) is 7.76. The molecule has 2 aromatic rings. The van der Waals surface area contributed by atoms with Crippen molar-refractivity contribution in [2.75, 3.05) is 39.3 Å². The van der Waals surface area contributed by atoms with Crippen LogP contribution in [0, 0.1) is 0 Å². The molecule has 2 aromatic carbocycles. The first-order valence-electron chi connectivity index (χ1n) is 10.3. The number of rotatable bonds is 7. The highest BCUT2D eigenvalue weighted by Gasteiger charge is 2.31. The van der Waals surface area contributed by atoms with Gasteiger partial charge in [0.15, 0.2) is 0 Å². The largest absolute Gasteiger partial charge is 0.491 e. The Morgan fingerprint density at radius 3 is 2.52 bits per heavy atom. The topological polar surface area (TPSA) is 71.3 Å². The summed E-state index contributed by atoms with van der Waals surface area (Å²) in [6, 6.07) is 14.8. The molecular formula is C22H29N2O4S+. The highest BCUT2D eigenvalue weighted by Crippen LogP contribution is 2.26. The number of quaternary nitrogens is 1. The number of hydrogen-bond donors (Lipinski definition) is 2. The molecule has 0 aromatic heterocycles. The fraction of sp³-hybridized carbons (Fsp3) is 0.455. The maximum atomic E-state index is 12.7. The number of hydrogen-bond acceptors (Lipinski definition) is 4. The molecule has 2 aliphatic rings. The van der Waals surface area contributed by atoms with Crippen molar-refractivity contribution in [3.8, 4) is 5.75 Å². The number of aliphatic hydroxyl groups is 1. The van der Waals surface area contributed by atoms with Crippen LogP contribution < -0.4 is 9.64 Å². The summed E-state index contributed by atoms with van der Waals surface area (Å²) in [5, 5.41) is 10.4. The molecule has 156 valence electrons. The van der Waals surface area contributed by atoms with Gasteiger partial charge in [-0.3, -0.25) is 0 Å². The summed E-state index contributed by atoms with van der Waals surface area (Å²) >= 11 is 0. The zero-order valence-electron chi connectivity index (χ0n) is 16.6. The highest BCUT2D eigenvalue weighted by molar-refractivity contribution is 7.89. The van der Waals surface area contributed by atoms with Gasteiger partial charge in [-0.1, -0.05) is 24.3 Å². The van der Waals surface area contributed by atoms with Gasteiger partial charge in [0.1, 0.15) is 25.0 Å². The van der Waals surface area contributed by atoms with Crippen molar-refractivity contribution in [2.45, 2.75) is 30.3 Å². The molecule has 4 rings (SSSR count). The minimum Gasteiger partial charge on any atom is -0.491 e. The van der Waals surface area contributed by atoms with Crippen LogP contribution in [0.4, 0.5) is 0 Å².